The number of benzene rings is 6. The van der Waals surface area contributed by atoms with Crippen LogP contribution in [0.25, 0.3) is 0 Å². The van der Waals surface area contributed by atoms with E-state index in [0.29, 0.717) is 0 Å². The number of nitro groups is 5. The Kier molecular flexibility index (Phi) is 12.9. The van der Waals surface area contributed by atoms with Crippen LogP contribution in [0.5, 0.6) is 34.5 Å². The predicted octanol–water partition coefficient (Wildman–Crippen LogP) is 10.8. The van der Waals surface area contributed by atoms with Gasteiger partial charge >= 0.3 is 24.6 Å². The Bertz CT molecular complexity index is 2640. The second kappa shape index (κ2) is 18.8. The Labute approximate surface area is 355 Å². The fourth-order valence-corrected chi connectivity index (χ4v) is 12.6. The third kappa shape index (κ3) is 10.4. The molecule has 7 rings (SSSR count). The first-order chi connectivity index (χ1) is 30.3. The van der Waals surface area contributed by atoms with Crippen molar-refractivity contribution >= 4 is 53.0 Å². The maximum Gasteiger partial charge on any atom is 0.447 e. The zero-order valence-electron chi connectivity index (χ0n) is 31.4. The number of nitrogens with zero attached hydrogens (tertiary/aromatic N) is 8. The molecule has 0 fully saturated rings. The first-order valence-corrected chi connectivity index (χ1v) is 21.3. The van der Waals surface area contributed by atoms with Gasteiger partial charge in [-0.25, -0.2) is 0 Å². The molecule has 6 aromatic carbocycles. The summed E-state index contributed by atoms with van der Waals surface area (Å²) in [5.41, 5.74) is -1.48. The molecule has 0 saturated carbocycles. The molecule has 2 atom stereocenters. The summed E-state index contributed by atoms with van der Waals surface area (Å²) in [6.45, 7) is 0. The fraction of sp³-hybridized carbons (Fsp3) is 0. The van der Waals surface area contributed by atoms with Crippen molar-refractivity contribution in [1.29, 1.82) is 0 Å². The largest absolute Gasteiger partial charge is 0.447 e. The fourth-order valence-electron chi connectivity index (χ4n) is 5.07. The van der Waals surface area contributed by atoms with Gasteiger partial charge in [0.25, 0.3) is 28.4 Å². The number of hydrogen-bond acceptors (Lipinski definition) is 19. The van der Waals surface area contributed by atoms with Crippen LogP contribution >= 0.6 is 24.6 Å². The van der Waals surface area contributed by atoms with Crippen molar-refractivity contribution in [1.82, 2.24) is 9.21 Å². The quantitative estimate of drug-likeness (QED) is 0.0466. The van der Waals surface area contributed by atoms with Crippen LogP contribution in [0.4, 0.5) is 28.4 Å². The zero-order valence-corrected chi connectivity index (χ0v) is 34.1. The van der Waals surface area contributed by atoms with Crippen molar-refractivity contribution in [2.24, 2.45) is 4.52 Å². The van der Waals surface area contributed by atoms with E-state index in [1.54, 1.807) is 18.2 Å². The average molecular weight is 919 g/mol. The Hall–Kier alpha value is -7.87. The number of para-hydroxylation sites is 1. The summed E-state index contributed by atoms with van der Waals surface area (Å²) in [5, 5.41) is 57.9. The first kappa shape index (κ1) is 43.2. The van der Waals surface area contributed by atoms with Crippen molar-refractivity contribution in [3.8, 4) is 34.5 Å². The van der Waals surface area contributed by atoms with Crippen molar-refractivity contribution in [3.63, 3.8) is 0 Å². The van der Waals surface area contributed by atoms with E-state index in [1.807, 2.05) is 0 Å². The molecule has 0 spiro atoms. The highest BCUT2D eigenvalue weighted by Gasteiger charge is 2.58. The van der Waals surface area contributed by atoms with Gasteiger partial charge in [-0.2, -0.15) is 0 Å². The third-order valence-electron chi connectivity index (χ3n) is 8.02. The molecule has 0 bridgehead atoms. The minimum atomic E-state index is -4.51. The van der Waals surface area contributed by atoms with E-state index in [2.05, 4.69) is 0 Å². The molecule has 0 saturated heterocycles. The van der Waals surface area contributed by atoms with Gasteiger partial charge < -0.3 is 27.8 Å². The lowest BCUT2D eigenvalue weighted by molar-refractivity contribution is -0.385. The van der Waals surface area contributed by atoms with Crippen LogP contribution in [0.15, 0.2) is 156 Å². The molecule has 0 aromatic heterocycles. The number of rotatable bonds is 17. The van der Waals surface area contributed by atoms with Gasteiger partial charge in [0.05, 0.1) is 24.6 Å². The lowest BCUT2D eigenvalue weighted by atomic mass is 10.3. The second-order valence-corrected chi connectivity index (χ2v) is 17.7. The molecule has 0 amide bonds. The molecular weight excluding hydrogens is 893 g/mol. The summed E-state index contributed by atoms with van der Waals surface area (Å²) < 4.78 is 33.3. The van der Waals surface area contributed by atoms with Crippen LogP contribution in [0.3, 0.4) is 0 Å². The summed E-state index contributed by atoms with van der Waals surface area (Å²) in [4.78, 5) is 67.7. The van der Waals surface area contributed by atoms with E-state index in [4.69, 9.17) is 32.3 Å². The molecule has 2 unspecified atom stereocenters. The molecule has 24 nitrogen and oxygen atoms in total. The Morgan fingerprint density at radius 2 is 0.746 bits per heavy atom. The van der Waals surface area contributed by atoms with Gasteiger partial charge in [-0.15, -0.1) is 4.52 Å². The maximum absolute atomic E-state index is 11.6. The Morgan fingerprint density at radius 3 is 1.13 bits per heavy atom. The van der Waals surface area contributed by atoms with E-state index in [9.17, 15) is 50.6 Å². The van der Waals surface area contributed by atoms with Crippen LogP contribution in [-0.4, -0.2) is 33.8 Å². The number of hydrogen-bond donors (Lipinski definition) is 0. The highest BCUT2D eigenvalue weighted by atomic mass is 31.3. The van der Waals surface area contributed by atoms with Crippen LogP contribution < -0.4 is 27.8 Å². The van der Waals surface area contributed by atoms with Gasteiger partial charge in [0, 0.05) is 69.9 Å². The smallest absolute Gasteiger partial charge is 0.440 e. The van der Waals surface area contributed by atoms with E-state index < -0.39 is 49.2 Å². The van der Waals surface area contributed by atoms with E-state index in [0.717, 1.165) is 69.9 Å². The highest BCUT2D eigenvalue weighted by molar-refractivity contribution is 7.78. The summed E-state index contributed by atoms with van der Waals surface area (Å²) in [6, 6.07) is 32.1. The average Bonchev–Trinajstić information content (AvgIpc) is 3.27. The van der Waals surface area contributed by atoms with Crippen LogP contribution in [-0.2, 0) is 0 Å². The third-order valence-corrected chi connectivity index (χ3v) is 14.9. The van der Waals surface area contributed by atoms with Crippen molar-refractivity contribution in [2.75, 3.05) is 0 Å². The molecule has 27 heteroatoms. The van der Waals surface area contributed by atoms with Gasteiger partial charge in [0.15, 0.2) is 0 Å². The molecule has 1 heterocycles. The molecule has 1 aliphatic rings. The normalized spacial score (nSPS) is 15.7. The van der Waals surface area contributed by atoms with Gasteiger partial charge in [-0.05, 0) is 72.8 Å². The lowest BCUT2D eigenvalue weighted by Crippen LogP contribution is -2.37. The van der Waals surface area contributed by atoms with Crippen LogP contribution in [0.2, 0.25) is 0 Å². The molecule has 320 valence electrons. The number of non-ortho nitro benzene ring substituents is 5. The first-order valence-electron chi connectivity index (χ1n) is 17.5. The Morgan fingerprint density at radius 1 is 0.413 bits per heavy atom. The van der Waals surface area contributed by atoms with E-state index in [1.165, 1.54) is 72.8 Å². The molecule has 0 N–H and O–H groups in total. The minimum Gasteiger partial charge on any atom is -0.440 e. The Balaban J connectivity index is 1.49. The van der Waals surface area contributed by atoms with Gasteiger partial charge in [0.2, 0.25) is 0 Å². The molecule has 63 heavy (non-hydrogen) atoms. The zero-order chi connectivity index (χ0) is 44.7. The van der Waals surface area contributed by atoms with E-state index >= 15 is 0 Å². The predicted molar refractivity (Wildman–Crippen MR) is 223 cm³/mol. The monoisotopic (exact) mass is 918 g/mol. The summed E-state index contributed by atoms with van der Waals surface area (Å²) in [6.07, 6.45) is 0. The van der Waals surface area contributed by atoms with Gasteiger partial charge in [0.1, 0.15) is 34.5 Å². The summed E-state index contributed by atoms with van der Waals surface area (Å²) in [7, 11) is -10.1. The molecule has 0 aliphatic carbocycles. The van der Waals surface area contributed by atoms with Gasteiger partial charge in [-0.3, -0.25) is 50.6 Å². The van der Waals surface area contributed by atoms with Crippen molar-refractivity contribution in [2.45, 2.75) is 0 Å². The van der Waals surface area contributed by atoms with E-state index in [-0.39, 0.29) is 62.9 Å². The van der Waals surface area contributed by atoms with Crippen molar-refractivity contribution < 1.29 is 52.4 Å². The maximum atomic E-state index is 11.6. The molecule has 6 aromatic rings. The lowest BCUT2D eigenvalue weighted by Gasteiger charge is -2.43. The molecule has 1 aliphatic heterocycles. The second-order valence-electron chi connectivity index (χ2n) is 12.2. The van der Waals surface area contributed by atoms with Crippen molar-refractivity contribution in [3.05, 3.63) is 202 Å². The minimum absolute atomic E-state index is 0.0146. The topological polar surface area (TPSA) is 290 Å². The summed E-state index contributed by atoms with van der Waals surface area (Å²) >= 11 is 0. The number of nitro benzene ring substituents is 5. The SMILES string of the molecule is O=[N+]([O-])c1ccc(ON2P(Oc3ccc([N+](=O)[O-])cc3)N=P(Oc3ccc([N+](=O)[O-])cc3)(Oc3ccc([N+](=O)[O-])cc3)N(Oc3ccccc3)P2Oc2ccc([N+](=O)[O-])cc2)cc1. The molecular formula is C36H25N8O16P3. The standard InChI is InChI=1S/C36H25N8O16P3/c45-38(46)26-6-16-32(17-7-26)55-43-61(57-33-18-8-27(9-19-33)39(47)48)37-63(59-35-22-12-29(13-23-35)41(51)52,60-36-24-14-30(15-25-36)42(53)54)44(56-31-4-2-1-3-5-31)62(43)58-34-20-10-28(11-21-34)40(49)50/h1-25H. The molecule has 0 radical (unpaired) electrons. The highest BCUT2D eigenvalue weighted by Crippen LogP contribution is 2.77. The van der Waals surface area contributed by atoms with Crippen LogP contribution in [0, 0.1) is 50.6 Å². The van der Waals surface area contributed by atoms with Crippen LogP contribution in [0.1, 0.15) is 0 Å². The summed E-state index contributed by atoms with van der Waals surface area (Å²) in [5.74, 6) is -0.119. The van der Waals surface area contributed by atoms with Gasteiger partial charge in [-0.1, -0.05) is 18.2 Å².